The first-order valence-electron chi connectivity index (χ1n) is 12.5. The largest absolute Gasteiger partial charge is 0.0654 e. The van der Waals surface area contributed by atoms with Gasteiger partial charge in [0.05, 0.1) is 0 Å². The molecular weight excluding hydrogens is 312 g/mol. The topological polar surface area (TPSA) is 0 Å². The van der Waals surface area contributed by atoms with Crippen molar-refractivity contribution in [3.8, 4) is 0 Å². The average Bonchev–Trinajstić information content (AvgIpc) is 3.15. The lowest BCUT2D eigenvalue weighted by Gasteiger charge is -2.42. The van der Waals surface area contributed by atoms with Gasteiger partial charge in [-0.25, -0.2) is 0 Å². The molecule has 8 atom stereocenters. The molecule has 4 aliphatic rings. The van der Waals surface area contributed by atoms with Crippen molar-refractivity contribution < 1.29 is 0 Å². The van der Waals surface area contributed by atoms with E-state index in [9.17, 15) is 0 Å². The molecule has 150 valence electrons. The van der Waals surface area contributed by atoms with Crippen molar-refractivity contribution in [2.75, 3.05) is 0 Å². The molecule has 0 bridgehead atoms. The molecule has 8 unspecified atom stereocenters. The molecule has 0 aromatic heterocycles. The molecule has 0 aromatic carbocycles. The molecule has 4 aliphatic carbocycles. The van der Waals surface area contributed by atoms with E-state index in [4.69, 9.17) is 0 Å². The molecule has 0 N–H and O–H groups in total. The molecular formula is C26H46. The zero-order valence-corrected chi connectivity index (χ0v) is 18.3. The predicted molar refractivity (Wildman–Crippen MR) is 113 cm³/mol. The van der Waals surface area contributed by atoms with E-state index >= 15 is 0 Å². The first-order chi connectivity index (χ1) is 12.5. The monoisotopic (exact) mass is 358 g/mol. The lowest BCUT2D eigenvalue weighted by molar-refractivity contribution is 0.0683. The second-order valence-corrected chi connectivity index (χ2v) is 11.7. The summed E-state index contributed by atoms with van der Waals surface area (Å²) in [4.78, 5) is 0. The summed E-state index contributed by atoms with van der Waals surface area (Å²) in [5, 5.41) is 0. The summed E-state index contributed by atoms with van der Waals surface area (Å²) in [7, 11) is 0. The van der Waals surface area contributed by atoms with E-state index in [2.05, 4.69) is 27.7 Å². The average molecular weight is 359 g/mol. The van der Waals surface area contributed by atoms with Gasteiger partial charge in [-0.3, -0.25) is 0 Å². The van der Waals surface area contributed by atoms with Gasteiger partial charge >= 0.3 is 0 Å². The first kappa shape index (κ1) is 19.3. The van der Waals surface area contributed by atoms with Gasteiger partial charge in [0, 0.05) is 0 Å². The minimum absolute atomic E-state index is 0.624. The van der Waals surface area contributed by atoms with Crippen LogP contribution in [0.5, 0.6) is 0 Å². The molecule has 0 saturated heterocycles. The highest BCUT2D eigenvalue weighted by atomic mass is 14.6. The Bertz CT molecular complexity index is 463. The molecule has 0 amide bonds. The summed E-state index contributed by atoms with van der Waals surface area (Å²) >= 11 is 0. The fourth-order valence-electron chi connectivity index (χ4n) is 8.73. The molecule has 0 nitrogen and oxygen atoms in total. The highest BCUT2D eigenvalue weighted by Crippen LogP contribution is 2.65. The van der Waals surface area contributed by atoms with Crippen LogP contribution in [0.3, 0.4) is 0 Å². The maximum Gasteiger partial charge on any atom is -0.0292 e. The van der Waals surface area contributed by atoms with Crippen molar-refractivity contribution in [3.05, 3.63) is 0 Å². The summed E-state index contributed by atoms with van der Waals surface area (Å²) in [6.45, 7) is 10.3. The van der Waals surface area contributed by atoms with Crippen LogP contribution in [-0.4, -0.2) is 0 Å². The predicted octanol–water partition coefficient (Wildman–Crippen LogP) is 8.11. The Labute approximate surface area is 164 Å². The molecule has 4 rings (SSSR count). The van der Waals surface area contributed by atoms with Gasteiger partial charge in [0.25, 0.3) is 0 Å². The molecule has 4 fully saturated rings. The zero-order valence-electron chi connectivity index (χ0n) is 18.3. The number of hydrogen-bond acceptors (Lipinski definition) is 0. The van der Waals surface area contributed by atoms with Crippen molar-refractivity contribution in [1.29, 1.82) is 0 Å². The minimum Gasteiger partial charge on any atom is -0.0654 e. The minimum atomic E-state index is 0.624. The zero-order chi connectivity index (χ0) is 18.3. The molecule has 0 heteroatoms. The standard InChI is InChI=1S/C26H46/c1-5-6-7-10-19-12-14-22-23-15-13-20(21-11-8-9-18(21)2)17-25(23)26(3,4)24(22)16-19/h18-25H,5-17H2,1-4H3. The molecule has 0 spiro atoms. The van der Waals surface area contributed by atoms with E-state index in [0.29, 0.717) is 5.41 Å². The van der Waals surface area contributed by atoms with Crippen LogP contribution in [0.25, 0.3) is 0 Å². The quantitative estimate of drug-likeness (QED) is 0.435. The van der Waals surface area contributed by atoms with E-state index in [1.54, 1.807) is 44.9 Å². The Morgan fingerprint density at radius 3 is 2.19 bits per heavy atom. The van der Waals surface area contributed by atoms with Gasteiger partial charge in [-0.2, -0.15) is 0 Å². The van der Waals surface area contributed by atoms with Gasteiger partial charge in [0.2, 0.25) is 0 Å². The Morgan fingerprint density at radius 1 is 0.769 bits per heavy atom. The Balaban J connectivity index is 1.43. The van der Waals surface area contributed by atoms with Crippen LogP contribution in [0.1, 0.15) is 111 Å². The molecule has 4 saturated carbocycles. The summed E-state index contributed by atoms with van der Waals surface area (Å²) in [6.07, 6.45) is 19.9. The smallest absolute Gasteiger partial charge is 0.0292 e. The fourth-order valence-corrected chi connectivity index (χ4v) is 8.73. The summed E-state index contributed by atoms with van der Waals surface area (Å²) in [5.41, 5.74) is 0.624. The highest BCUT2D eigenvalue weighted by Gasteiger charge is 2.57. The highest BCUT2D eigenvalue weighted by molar-refractivity contribution is 5.06. The number of hydrogen-bond donors (Lipinski definition) is 0. The summed E-state index contributed by atoms with van der Waals surface area (Å²) in [5.74, 6) is 8.54. The van der Waals surface area contributed by atoms with Crippen molar-refractivity contribution in [1.82, 2.24) is 0 Å². The maximum atomic E-state index is 2.70. The van der Waals surface area contributed by atoms with Gasteiger partial charge in [-0.05, 0) is 91.3 Å². The lowest BCUT2D eigenvalue weighted by Crippen LogP contribution is -2.34. The molecule has 0 aromatic rings. The lowest BCUT2D eigenvalue weighted by atomic mass is 9.63. The van der Waals surface area contributed by atoms with Crippen LogP contribution >= 0.6 is 0 Å². The maximum absolute atomic E-state index is 2.70. The Hall–Kier alpha value is 0. The van der Waals surface area contributed by atoms with E-state index in [0.717, 1.165) is 47.3 Å². The van der Waals surface area contributed by atoms with Crippen molar-refractivity contribution in [2.24, 2.45) is 52.8 Å². The molecule has 26 heavy (non-hydrogen) atoms. The summed E-state index contributed by atoms with van der Waals surface area (Å²) in [6, 6.07) is 0. The van der Waals surface area contributed by atoms with Crippen LogP contribution in [0.2, 0.25) is 0 Å². The first-order valence-corrected chi connectivity index (χ1v) is 12.5. The van der Waals surface area contributed by atoms with E-state index in [1.165, 1.54) is 38.5 Å². The third-order valence-electron chi connectivity index (χ3n) is 10.2. The fraction of sp³-hybridized carbons (Fsp3) is 1.00. The SMILES string of the molecule is CCCCCC1CCC2C3CCC(C4CCCC4C)CC3C(C)(C)C2C1. The van der Waals surface area contributed by atoms with Crippen molar-refractivity contribution in [3.63, 3.8) is 0 Å². The third kappa shape index (κ3) is 3.41. The van der Waals surface area contributed by atoms with Crippen LogP contribution in [0, 0.1) is 52.8 Å². The Morgan fingerprint density at radius 2 is 1.50 bits per heavy atom. The molecule has 0 aliphatic heterocycles. The van der Waals surface area contributed by atoms with Gasteiger partial charge in [-0.15, -0.1) is 0 Å². The van der Waals surface area contributed by atoms with Gasteiger partial charge in [-0.1, -0.05) is 72.6 Å². The molecule has 0 heterocycles. The number of rotatable bonds is 5. The third-order valence-corrected chi connectivity index (χ3v) is 10.2. The molecule has 0 radical (unpaired) electrons. The van der Waals surface area contributed by atoms with E-state index < -0.39 is 0 Å². The number of unbranched alkanes of at least 4 members (excludes halogenated alkanes) is 2. The van der Waals surface area contributed by atoms with Gasteiger partial charge in [0.1, 0.15) is 0 Å². The van der Waals surface area contributed by atoms with Crippen LogP contribution < -0.4 is 0 Å². The van der Waals surface area contributed by atoms with Crippen LogP contribution in [0.15, 0.2) is 0 Å². The number of fused-ring (bicyclic) bond motifs is 3. The van der Waals surface area contributed by atoms with Crippen molar-refractivity contribution in [2.45, 2.75) is 111 Å². The summed E-state index contributed by atoms with van der Waals surface area (Å²) < 4.78 is 0. The normalized spacial score (nSPS) is 47.5. The Kier molecular flexibility index (Phi) is 5.79. The van der Waals surface area contributed by atoms with E-state index in [-0.39, 0.29) is 0 Å². The second kappa shape index (κ2) is 7.79. The van der Waals surface area contributed by atoms with Crippen LogP contribution in [0.4, 0.5) is 0 Å². The van der Waals surface area contributed by atoms with Gasteiger partial charge in [0.15, 0.2) is 0 Å². The van der Waals surface area contributed by atoms with Crippen molar-refractivity contribution >= 4 is 0 Å². The van der Waals surface area contributed by atoms with Crippen LogP contribution in [-0.2, 0) is 0 Å². The van der Waals surface area contributed by atoms with E-state index in [1.807, 2.05) is 0 Å². The van der Waals surface area contributed by atoms with Gasteiger partial charge < -0.3 is 0 Å². The second-order valence-electron chi connectivity index (χ2n) is 11.7.